The molecule has 2 aromatic rings. The number of rotatable bonds is 3. The van der Waals surface area contributed by atoms with Gasteiger partial charge in [-0.25, -0.2) is 9.78 Å². The van der Waals surface area contributed by atoms with E-state index in [1.807, 2.05) is 30.5 Å². The largest absolute Gasteiger partial charge is 0.477 e. The first-order valence-electron chi connectivity index (χ1n) is 4.75. The minimum absolute atomic E-state index is 0.112. The second-order valence-corrected chi connectivity index (χ2v) is 4.90. The molecule has 0 spiro atoms. The third-order valence-corrected chi connectivity index (χ3v) is 3.49. The van der Waals surface area contributed by atoms with E-state index in [0.29, 0.717) is 10.9 Å². The summed E-state index contributed by atoms with van der Waals surface area (Å²) in [6.07, 6.45) is 1.84. The molecule has 0 amide bonds. The van der Waals surface area contributed by atoms with E-state index in [1.165, 1.54) is 11.8 Å². The van der Waals surface area contributed by atoms with Crippen molar-refractivity contribution in [2.24, 2.45) is 0 Å². The molecule has 0 radical (unpaired) electrons. The molecule has 0 atom stereocenters. The van der Waals surface area contributed by atoms with Gasteiger partial charge in [0.25, 0.3) is 0 Å². The summed E-state index contributed by atoms with van der Waals surface area (Å²) in [6.45, 7) is 0. The Balaban J connectivity index is 2.62. The number of halogens is 1. The van der Waals surface area contributed by atoms with Crippen LogP contribution in [-0.2, 0) is 0 Å². The number of hydrogen-bond donors (Lipinski definition) is 2. The van der Waals surface area contributed by atoms with E-state index >= 15 is 0 Å². The van der Waals surface area contributed by atoms with Crippen LogP contribution in [0, 0.1) is 0 Å². The third kappa shape index (κ3) is 2.37. The lowest BCUT2D eigenvalue weighted by molar-refractivity contribution is 0.0691. The molecule has 0 fully saturated rings. The summed E-state index contributed by atoms with van der Waals surface area (Å²) in [7, 11) is 0. The molecule has 4 nitrogen and oxygen atoms in total. The molecule has 88 valence electrons. The Morgan fingerprint density at radius 2 is 2.18 bits per heavy atom. The van der Waals surface area contributed by atoms with Crippen LogP contribution in [0.15, 0.2) is 33.9 Å². The van der Waals surface area contributed by atoms with Crippen molar-refractivity contribution in [3.63, 3.8) is 0 Å². The molecule has 2 N–H and O–H groups in total. The molecule has 1 aromatic heterocycles. The maximum Gasteiger partial charge on any atom is 0.354 e. The SMILES string of the molecule is CSc1nc(-c2ccccc2Br)c(C(=O)O)[nH]1. The lowest BCUT2D eigenvalue weighted by Gasteiger charge is -2.01. The Labute approximate surface area is 111 Å². The van der Waals surface area contributed by atoms with Crippen LogP contribution in [0.25, 0.3) is 11.3 Å². The maximum atomic E-state index is 11.1. The quantitative estimate of drug-likeness (QED) is 0.854. The van der Waals surface area contributed by atoms with Gasteiger partial charge in [-0.15, -0.1) is 0 Å². The zero-order valence-corrected chi connectivity index (χ0v) is 11.3. The monoisotopic (exact) mass is 312 g/mol. The molecule has 1 aromatic carbocycles. The van der Waals surface area contributed by atoms with E-state index in [0.717, 1.165) is 10.0 Å². The summed E-state index contributed by atoms with van der Waals surface area (Å²) in [5.74, 6) is -1.01. The Bertz CT molecular complexity index is 568. The average Bonchev–Trinajstić information content (AvgIpc) is 2.73. The van der Waals surface area contributed by atoms with E-state index in [4.69, 9.17) is 5.11 Å². The number of carboxylic acid groups (broad SMARTS) is 1. The van der Waals surface area contributed by atoms with Crippen molar-refractivity contribution in [3.8, 4) is 11.3 Å². The number of nitrogens with one attached hydrogen (secondary N) is 1. The van der Waals surface area contributed by atoms with Crippen molar-refractivity contribution < 1.29 is 9.90 Å². The molecule has 17 heavy (non-hydrogen) atoms. The van der Waals surface area contributed by atoms with Crippen LogP contribution >= 0.6 is 27.7 Å². The van der Waals surface area contributed by atoms with Crippen molar-refractivity contribution in [1.29, 1.82) is 0 Å². The van der Waals surface area contributed by atoms with E-state index < -0.39 is 5.97 Å². The number of nitrogens with zero attached hydrogens (tertiary/aromatic N) is 1. The molecule has 0 unspecified atom stereocenters. The first-order valence-corrected chi connectivity index (χ1v) is 6.77. The van der Waals surface area contributed by atoms with Gasteiger partial charge in [-0.2, -0.15) is 0 Å². The fraction of sp³-hybridized carbons (Fsp3) is 0.0909. The van der Waals surface area contributed by atoms with Gasteiger partial charge in [-0.05, 0) is 12.3 Å². The molecule has 6 heteroatoms. The zero-order valence-electron chi connectivity index (χ0n) is 8.90. The Morgan fingerprint density at radius 1 is 1.47 bits per heavy atom. The number of H-pyrrole nitrogens is 1. The molecule has 0 bridgehead atoms. The van der Waals surface area contributed by atoms with Crippen LogP contribution in [0.1, 0.15) is 10.5 Å². The van der Waals surface area contributed by atoms with Crippen LogP contribution in [0.2, 0.25) is 0 Å². The number of hydrogen-bond acceptors (Lipinski definition) is 3. The van der Waals surface area contributed by atoms with Crippen LogP contribution in [0.4, 0.5) is 0 Å². The number of carbonyl (C=O) groups is 1. The third-order valence-electron chi connectivity index (χ3n) is 2.22. The topological polar surface area (TPSA) is 66.0 Å². The summed E-state index contributed by atoms with van der Waals surface area (Å²) in [6, 6.07) is 7.40. The standard InChI is InChI=1S/C11H9BrN2O2S/c1-17-11-13-8(9(14-11)10(15)16)6-4-2-3-5-7(6)12/h2-5H,1H3,(H,13,14)(H,15,16). The highest BCUT2D eigenvalue weighted by Gasteiger charge is 2.18. The number of thioether (sulfide) groups is 1. The van der Waals surface area contributed by atoms with Gasteiger partial charge in [0.1, 0.15) is 5.69 Å². The van der Waals surface area contributed by atoms with Crippen molar-refractivity contribution in [3.05, 3.63) is 34.4 Å². The van der Waals surface area contributed by atoms with Crippen LogP contribution in [0.3, 0.4) is 0 Å². The molecule has 0 aliphatic heterocycles. The Hall–Kier alpha value is -1.27. The van der Waals surface area contributed by atoms with E-state index in [-0.39, 0.29) is 5.69 Å². The number of aromatic nitrogens is 2. The van der Waals surface area contributed by atoms with Crippen LogP contribution in [-0.4, -0.2) is 27.3 Å². The van der Waals surface area contributed by atoms with Crippen molar-refractivity contribution in [1.82, 2.24) is 9.97 Å². The van der Waals surface area contributed by atoms with Crippen molar-refractivity contribution in [2.75, 3.05) is 6.26 Å². The lowest BCUT2D eigenvalue weighted by Crippen LogP contribution is -1.99. The number of aromatic amines is 1. The molecule has 0 saturated heterocycles. The molecule has 1 heterocycles. The predicted molar refractivity (Wildman–Crippen MR) is 70.5 cm³/mol. The molecule has 0 aliphatic rings. The summed E-state index contributed by atoms with van der Waals surface area (Å²) in [4.78, 5) is 18.2. The van der Waals surface area contributed by atoms with E-state index in [2.05, 4.69) is 25.9 Å². The molecule has 0 saturated carbocycles. The fourth-order valence-electron chi connectivity index (χ4n) is 1.45. The smallest absolute Gasteiger partial charge is 0.354 e. The summed E-state index contributed by atoms with van der Waals surface area (Å²) < 4.78 is 0.821. The summed E-state index contributed by atoms with van der Waals surface area (Å²) in [5.41, 5.74) is 1.33. The highest BCUT2D eigenvalue weighted by Crippen LogP contribution is 2.30. The summed E-state index contributed by atoms with van der Waals surface area (Å²) in [5, 5.41) is 9.72. The fourth-order valence-corrected chi connectivity index (χ4v) is 2.31. The number of benzene rings is 1. The number of imidazole rings is 1. The Morgan fingerprint density at radius 3 is 2.76 bits per heavy atom. The highest BCUT2D eigenvalue weighted by molar-refractivity contribution is 9.10. The lowest BCUT2D eigenvalue weighted by atomic mass is 10.1. The van der Waals surface area contributed by atoms with Gasteiger partial charge >= 0.3 is 5.97 Å². The van der Waals surface area contributed by atoms with Crippen molar-refractivity contribution in [2.45, 2.75) is 5.16 Å². The maximum absolute atomic E-state index is 11.1. The predicted octanol–water partition coefficient (Wildman–Crippen LogP) is 3.26. The first-order chi connectivity index (χ1) is 8.13. The van der Waals surface area contributed by atoms with Crippen LogP contribution in [0.5, 0.6) is 0 Å². The second-order valence-electron chi connectivity index (χ2n) is 3.25. The van der Waals surface area contributed by atoms with Gasteiger partial charge in [0.2, 0.25) is 0 Å². The van der Waals surface area contributed by atoms with Gasteiger partial charge in [0, 0.05) is 10.0 Å². The number of aromatic carboxylic acids is 1. The van der Waals surface area contributed by atoms with Gasteiger partial charge in [-0.1, -0.05) is 45.9 Å². The number of carboxylic acids is 1. The zero-order chi connectivity index (χ0) is 12.4. The molecular formula is C11H9BrN2O2S. The Kier molecular flexibility index (Phi) is 3.54. The van der Waals surface area contributed by atoms with E-state index in [1.54, 1.807) is 0 Å². The normalized spacial score (nSPS) is 10.5. The van der Waals surface area contributed by atoms with E-state index in [9.17, 15) is 4.79 Å². The summed E-state index contributed by atoms with van der Waals surface area (Å²) >= 11 is 4.77. The minimum Gasteiger partial charge on any atom is -0.477 e. The second kappa shape index (κ2) is 4.93. The molecule has 0 aliphatic carbocycles. The first kappa shape index (κ1) is 12.2. The van der Waals surface area contributed by atoms with Crippen molar-refractivity contribution >= 4 is 33.7 Å². The minimum atomic E-state index is -1.01. The van der Waals surface area contributed by atoms with Gasteiger partial charge in [0.15, 0.2) is 10.9 Å². The van der Waals surface area contributed by atoms with Crippen LogP contribution < -0.4 is 0 Å². The van der Waals surface area contributed by atoms with Gasteiger partial charge in [-0.3, -0.25) is 0 Å². The van der Waals surface area contributed by atoms with Gasteiger partial charge in [0.05, 0.1) is 0 Å². The molecular weight excluding hydrogens is 304 g/mol. The van der Waals surface area contributed by atoms with Gasteiger partial charge < -0.3 is 10.1 Å². The highest BCUT2D eigenvalue weighted by atomic mass is 79.9. The molecule has 2 rings (SSSR count). The average molecular weight is 313 g/mol.